The molecule has 0 bridgehead atoms. The molecule has 2 rings (SSSR count). The summed E-state index contributed by atoms with van der Waals surface area (Å²) in [6.45, 7) is 0.0691. The molecule has 1 saturated heterocycles. The fourth-order valence-corrected chi connectivity index (χ4v) is 1.84. The minimum Gasteiger partial charge on any atom is -0.403 e. The minimum absolute atomic E-state index is 0.124. The van der Waals surface area contributed by atoms with Crippen molar-refractivity contribution in [1.82, 2.24) is 0 Å². The van der Waals surface area contributed by atoms with Gasteiger partial charge in [-0.1, -0.05) is 12.1 Å². The fraction of sp³-hybridized carbons (Fsp3) is 0.455. The van der Waals surface area contributed by atoms with Gasteiger partial charge >= 0.3 is 6.36 Å². The molecule has 1 unspecified atom stereocenters. The number of rotatable bonds is 2. The average molecular weight is 266 g/mol. The van der Waals surface area contributed by atoms with Gasteiger partial charge in [0, 0.05) is 18.6 Å². The highest BCUT2D eigenvalue weighted by atomic mass is 19.4. The van der Waals surface area contributed by atoms with Crippen molar-refractivity contribution in [2.24, 2.45) is 0 Å². The van der Waals surface area contributed by atoms with Crippen LogP contribution in [-0.4, -0.2) is 24.7 Å². The van der Waals surface area contributed by atoms with E-state index >= 15 is 0 Å². The number of alkyl halides is 3. The summed E-state index contributed by atoms with van der Waals surface area (Å²) in [5, 5.41) is 10.1. The molecule has 0 saturated carbocycles. The van der Waals surface area contributed by atoms with Crippen LogP contribution in [0.5, 0.6) is 5.75 Å². The molecule has 0 radical (unpaired) electrons. The molecule has 1 atom stereocenters. The van der Waals surface area contributed by atoms with Crippen molar-refractivity contribution in [3.8, 4) is 5.75 Å². The number of halogens is 4. The van der Waals surface area contributed by atoms with Crippen LogP contribution in [0.15, 0.2) is 18.2 Å². The maximum absolute atomic E-state index is 13.9. The van der Waals surface area contributed by atoms with Gasteiger partial charge < -0.3 is 14.6 Å². The molecule has 0 amide bonds. The lowest BCUT2D eigenvalue weighted by molar-refractivity contribution is -0.275. The molecule has 1 aromatic rings. The predicted octanol–water partition coefficient (Wildman–Crippen LogP) is 2.33. The van der Waals surface area contributed by atoms with Crippen LogP contribution in [0, 0.1) is 5.82 Å². The van der Waals surface area contributed by atoms with Crippen LogP contribution in [0.3, 0.4) is 0 Å². The second-order valence-electron chi connectivity index (χ2n) is 4.00. The van der Waals surface area contributed by atoms with E-state index in [2.05, 4.69) is 4.74 Å². The van der Waals surface area contributed by atoms with Gasteiger partial charge in [-0.3, -0.25) is 0 Å². The molecule has 18 heavy (non-hydrogen) atoms. The molecular formula is C11H10F4O3. The molecule has 0 aromatic heterocycles. The quantitative estimate of drug-likeness (QED) is 0.835. The Balaban J connectivity index is 2.36. The lowest BCUT2D eigenvalue weighted by Gasteiger charge is -2.22. The van der Waals surface area contributed by atoms with Crippen LogP contribution < -0.4 is 4.74 Å². The normalized spacial score (nSPS) is 24.3. The van der Waals surface area contributed by atoms with Gasteiger partial charge in [0.2, 0.25) is 0 Å². The summed E-state index contributed by atoms with van der Waals surface area (Å²) in [4.78, 5) is 0. The summed E-state index contributed by atoms with van der Waals surface area (Å²) in [7, 11) is 0. The van der Waals surface area contributed by atoms with E-state index in [1.54, 1.807) is 0 Å². The fourth-order valence-electron chi connectivity index (χ4n) is 1.84. The van der Waals surface area contributed by atoms with Crippen LogP contribution >= 0.6 is 0 Å². The number of benzene rings is 1. The van der Waals surface area contributed by atoms with Gasteiger partial charge in [-0.05, 0) is 6.07 Å². The van der Waals surface area contributed by atoms with Crippen LogP contribution in [0.2, 0.25) is 0 Å². The molecule has 1 aliphatic rings. The van der Waals surface area contributed by atoms with E-state index in [-0.39, 0.29) is 25.2 Å². The van der Waals surface area contributed by atoms with Crippen LogP contribution in [0.4, 0.5) is 17.6 Å². The van der Waals surface area contributed by atoms with Crippen LogP contribution in [0.25, 0.3) is 0 Å². The van der Waals surface area contributed by atoms with Crippen LogP contribution in [0.1, 0.15) is 12.0 Å². The topological polar surface area (TPSA) is 38.7 Å². The monoisotopic (exact) mass is 266 g/mol. The van der Waals surface area contributed by atoms with E-state index in [4.69, 9.17) is 4.74 Å². The van der Waals surface area contributed by atoms with Crippen molar-refractivity contribution in [2.75, 3.05) is 13.2 Å². The molecule has 3 nitrogen and oxygen atoms in total. The van der Waals surface area contributed by atoms with E-state index < -0.39 is 23.5 Å². The molecule has 1 N–H and O–H groups in total. The summed E-state index contributed by atoms with van der Waals surface area (Å²) in [5.74, 6) is -2.18. The van der Waals surface area contributed by atoms with Gasteiger partial charge in [0.1, 0.15) is 5.60 Å². The first kappa shape index (κ1) is 13.1. The number of aliphatic hydroxyl groups is 1. The summed E-state index contributed by atoms with van der Waals surface area (Å²) in [5.41, 5.74) is -1.85. The molecule has 1 aromatic carbocycles. The Hall–Kier alpha value is -1.34. The summed E-state index contributed by atoms with van der Waals surface area (Å²) < 4.78 is 58.5. The standard InChI is InChI=1S/C11H10F4O3/c12-9-7(10(16)4-5-17-6-10)2-1-3-8(9)18-11(13,14)15/h1-3,16H,4-6H2. The highest BCUT2D eigenvalue weighted by Gasteiger charge is 2.39. The van der Waals surface area contributed by atoms with Crippen molar-refractivity contribution in [1.29, 1.82) is 0 Å². The van der Waals surface area contributed by atoms with E-state index in [9.17, 15) is 22.7 Å². The SMILES string of the molecule is OC1(c2cccc(OC(F)(F)F)c2F)CCOC1. The zero-order chi connectivity index (χ0) is 13.4. The lowest BCUT2D eigenvalue weighted by Crippen LogP contribution is -2.28. The van der Waals surface area contributed by atoms with Gasteiger partial charge in [0.15, 0.2) is 11.6 Å². The molecule has 1 aliphatic heterocycles. The third kappa shape index (κ3) is 2.56. The Morgan fingerprint density at radius 2 is 2.06 bits per heavy atom. The molecule has 0 spiro atoms. The Kier molecular flexibility index (Phi) is 3.20. The summed E-state index contributed by atoms with van der Waals surface area (Å²) in [6.07, 6.45) is -4.85. The maximum atomic E-state index is 13.9. The van der Waals surface area contributed by atoms with E-state index in [1.165, 1.54) is 12.1 Å². The predicted molar refractivity (Wildman–Crippen MR) is 52.4 cm³/mol. The zero-order valence-electron chi connectivity index (χ0n) is 9.13. The summed E-state index contributed by atoms with van der Waals surface area (Å²) >= 11 is 0. The summed E-state index contributed by atoms with van der Waals surface area (Å²) in [6, 6.07) is 3.26. The minimum atomic E-state index is -4.98. The molecule has 7 heteroatoms. The van der Waals surface area contributed by atoms with Gasteiger partial charge in [-0.2, -0.15) is 0 Å². The lowest BCUT2D eigenvalue weighted by atomic mass is 9.92. The second-order valence-corrected chi connectivity index (χ2v) is 4.00. The highest BCUT2D eigenvalue weighted by molar-refractivity contribution is 5.35. The van der Waals surface area contributed by atoms with Gasteiger partial charge in [-0.15, -0.1) is 13.2 Å². The molecule has 1 heterocycles. The first-order chi connectivity index (χ1) is 8.32. The van der Waals surface area contributed by atoms with Crippen molar-refractivity contribution in [2.45, 2.75) is 18.4 Å². The number of hydrogen-bond acceptors (Lipinski definition) is 3. The van der Waals surface area contributed by atoms with Gasteiger partial charge in [0.25, 0.3) is 0 Å². The van der Waals surface area contributed by atoms with Crippen molar-refractivity contribution < 1.29 is 32.1 Å². The molecular weight excluding hydrogens is 256 g/mol. The number of hydrogen-bond donors (Lipinski definition) is 1. The second kappa shape index (κ2) is 4.40. The third-order valence-electron chi connectivity index (χ3n) is 2.69. The highest BCUT2D eigenvalue weighted by Crippen LogP contribution is 2.36. The van der Waals surface area contributed by atoms with E-state index in [0.717, 1.165) is 6.07 Å². The first-order valence-electron chi connectivity index (χ1n) is 5.17. The van der Waals surface area contributed by atoms with E-state index in [0.29, 0.717) is 0 Å². The Morgan fingerprint density at radius 3 is 2.61 bits per heavy atom. The average Bonchev–Trinajstić information content (AvgIpc) is 2.67. The molecule has 0 aliphatic carbocycles. The zero-order valence-corrected chi connectivity index (χ0v) is 9.13. The van der Waals surface area contributed by atoms with Crippen LogP contribution in [-0.2, 0) is 10.3 Å². The largest absolute Gasteiger partial charge is 0.573 e. The van der Waals surface area contributed by atoms with Crippen molar-refractivity contribution in [3.63, 3.8) is 0 Å². The Labute approximate surface area is 99.9 Å². The first-order valence-corrected chi connectivity index (χ1v) is 5.17. The maximum Gasteiger partial charge on any atom is 0.573 e. The van der Waals surface area contributed by atoms with Crippen molar-refractivity contribution >= 4 is 0 Å². The Morgan fingerprint density at radius 1 is 1.33 bits per heavy atom. The number of ether oxygens (including phenoxy) is 2. The Bertz CT molecular complexity index is 438. The molecule has 1 fully saturated rings. The van der Waals surface area contributed by atoms with E-state index in [1.807, 2.05) is 0 Å². The molecule has 100 valence electrons. The third-order valence-corrected chi connectivity index (χ3v) is 2.69. The van der Waals surface area contributed by atoms with Gasteiger partial charge in [0.05, 0.1) is 6.61 Å². The van der Waals surface area contributed by atoms with Gasteiger partial charge in [-0.25, -0.2) is 4.39 Å². The smallest absolute Gasteiger partial charge is 0.403 e. The van der Waals surface area contributed by atoms with Crippen molar-refractivity contribution in [3.05, 3.63) is 29.6 Å².